The Morgan fingerprint density at radius 2 is 2.08 bits per heavy atom. The summed E-state index contributed by atoms with van der Waals surface area (Å²) >= 11 is 0. The fourth-order valence-electron chi connectivity index (χ4n) is 7.11. The number of carbonyl (C=O) groups is 3. The molecule has 0 radical (unpaired) electrons. The van der Waals surface area contributed by atoms with Crippen LogP contribution in [-0.4, -0.2) is 41.1 Å². The van der Waals surface area contributed by atoms with Gasteiger partial charge in [0.1, 0.15) is 11.4 Å². The zero-order valence-electron chi connectivity index (χ0n) is 14.2. The summed E-state index contributed by atoms with van der Waals surface area (Å²) in [5.74, 6) is -1.93. The Balaban J connectivity index is 1.74. The minimum absolute atomic E-state index is 0.00999. The number of rotatable bonds is 1. The van der Waals surface area contributed by atoms with Crippen molar-refractivity contribution in [3.05, 3.63) is 12.2 Å². The van der Waals surface area contributed by atoms with Crippen LogP contribution >= 0.6 is 0 Å². The van der Waals surface area contributed by atoms with Gasteiger partial charge in [-0.2, -0.15) is 0 Å². The maximum absolute atomic E-state index is 12.8. The number of fused-ring (bicyclic) bond motifs is 3. The number of methoxy groups -OCH3 is 1. The van der Waals surface area contributed by atoms with E-state index in [1.807, 2.05) is 0 Å². The highest BCUT2D eigenvalue weighted by molar-refractivity contribution is 5.91. The molecule has 1 N–H and O–H groups in total. The lowest BCUT2D eigenvalue weighted by Crippen LogP contribution is -2.65. The van der Waals surface area contributed by atoms with Crippen LogP contribution in [0, 0.1) is 29.1 Å². The van der Waals surface area contributed by atoms with E-state index in [-0.39, 0.29) is 30.0 Å². The molecule has 6 heteroatoms. The van der Waals surface area contributed by atoms with Crippen molar-refractivity contribution in [1.29, 1.82) is 0 Å². The van der Waals surface area contributed by atoms with Crippen molar-refractivity contribution in [2.24, 2.45) is 29.1 Å². The Kier molecular flexibility index (Phi) is 2.70. The molecular formula is C19H22O6. The summed E-state index contributed by atoms with van der Waals surface area (Å²) in [6, 6.07) is 0. The van der Waals surface area contributed by atoms with E-state index in [2.05, 4.69) is 6.58 Å². The Labute approximate surface area is 145 Å². The topological polar surface area (TPSA) is 89.9 Å². The van der Waals surface area contributed by atoms with E-state index in [4.69, 9.17) is 9.47 Å². The number of ether oxygens (including phenoxy) is 2. The second-order valence-electron chi connectivity index (χ2n) is 8.62. The second kappa shape index (κ2) is 4.34. The molecule has 2 saturated heterocycles. The maximum Gasteiger partial charge on any atom is 0.343 e. The first-order valence-corrected chi connectivity index (χ1v) is 9.06. The number of esters is 2. The van der Waals surface area contributed by atoms with Crippen molar-refractivity contribution in [3.8, 4) is 0 Å². The fourth-order valence-corrected chi connectivity index (χ4v) is 7.11. The molecular weight excluding hydrogens is 324 g/mol. The normalized spacial score (nSPS) is 52.6. The molecule has 25 heavy (non-hydrogen) atoms. The Morgan fingerprint density at radius 3 is 2.76 bits per heavy atom. The van der Waals surface area contributed by atoms with E-state index in [1.54, 1.807) is 0 Å². The molecule has 6 aliphatic rings. The predicted octanol–water partition coefficient (Wildman–Crippen LogP) is 1.16. The monoisotopic (exact) mass is 346 g/mol. The lowest BCUT2D eigenvalue weighted by atomic mass is 9.60. The van der Waals surface area contributed by atoms with Crippen LogP contribution in [-0.2, 0) is 23.9 Å². The summed E-state index contributed by atoms with van der Waals surface area (Å²) in [7, 11) is 1.35. The zero-order chi connectivity index (χ0) is 17.8. The third-order valence-corrected chi connectivity index (χ3v) is 8.01. The van der Waals surface area contributed by atoms with Gasteiger partial charge in [-0.3, -0.25) is 9.59 Å². The number of ketones is 1. The first-order valence-electron chi connectivity index (χ1n) is 9.06. The molecule has 7 atom stereocenters. The zero-order valence-corrected chi connectivity index (χ0v) is 14.2. The highest BCUT2D eigenvalue weighted by atomic mass is 16.6. The van der Waals surface area contributed by atoms with Gasteiger partial charge in [0, 0.05) is 24.2 Å². The molecule has 6 nitrogen and oxygen atoms in total. The van der Waals surface area contributed by atoms with Crippen LogP contribution < -0.4 is 0 Å². The van der Waals surface area contributed by atoms with Gasteiger partial charge in [0.2, 0.25) is 0 Å². The van der Waals surface area contributed by atoms with Crippen molar-refractivity contribution >= 4 is 17.7 Å². The lowest BCUT2D eigenvalue weighted by Gasteiger charge is -2.55. The summed E-state index contributed by atoms with van der Waals surface area (Å²) in [4.78, 5) is 37.9. The average Bonchev–Trinajstić information content (AvgIpc) is 2.98. The van der Waals surface area contributed by atoms with E-state index in [0.29, 0.717) is 24.8 Å². The molecule has 0 amide bonds. The molecule has 4 aliphatic carbocycles. The highest BCUT2D eigenvalue weighted by Crippen LogP contribution is 2.74. The van der Waals surface area contributed by atoms with Gasteiger partial charge >= 0.3 is 11.9 Å². The van der Waals surface area contributed by atoms with Crippen molar-refractivity contribution in [2.45, 2.75) is 49.7 Å². The van der Waals surface area contributed by atoms with Crippen LogP contribution in [0.15, 0.2) is 12.2 Å². The number of Topliss-reactive ketones (excluding diaryl/α,β-unsaturated/α-hetero) is 1. The van der Waals surface area contributed by atoms with Crippen molar-refractivity contribution in [2.75, 3.05) is 7.11 Å². The van der Waals surface area contributed by atoms with Crippen LogP contribution in [0.5, 0.6) is 0 Å². The van der Waals surface area contributed by atoms with E-state index in [0.717, 1.165) is 12.8 Å². The summed E-state index contributed by atoms with van der Waals surface area (Å²) in [5, 5.41) is 10.8. The van der Waals surface area contributed by atoms with Crippen LogP contribution in [0.4, 0.5) is 0 Å². The van der Waals surface area contributed by atoms with Gasteiger partial charge in [-0.15, -0.1) is 0 Å². The molecule has 2 heterocycles. The maximum atomic E-state index is 12.8. The first-order chi connectivity index (χ1) is 11.8. The molecule has 0 unspecified atom stereocenters. The quantitative estimate of drug-likeness (QED) is 0.566. The lowest BCUT2D eigenvalue weighted by molar-refractivity contribution is -0.224. The molecule has 2 spiro atoms. The summed E-state index contributed by atoms with van der Waals surface area (Å²) in [6.45, 7) is 4.04. The molecule has 6 rings (SSSR count). The highest BCUT2D eigenvalue weighted by Gasteiger charge is 2.80. The fraction of sp³-hybridized carbons (Fsp3) is 0.737. The summed E-state index contributed by atoms with van der Waals surface area (Å²) in [6.07, 6.45) is 3.32. The van der Waals surface area contributed by atoms with Gasteiger partial charge in [0.15, 0.2) is 5.60 Å². The number of aliphatic hydroxyl groups is 1. The minimum Gasteiger partial charge on any atom is -0.469 e. The van der Waals surface area contributed by atoms with Crippen molar-refractivity contribution < 1.29 is 29.0 Å². The molecule has 4 bridgehead atoms. The van der Waals surface area contributed by atoms with E-state index >= 15 is 0 Å². The number of carbonyl (C=O) groups excluding carboxylic acids is 3. The van der Waals surface area contributed by atoms with Crippen LogP contribution in [0.25, 0.3) is 0 Å². The standard InChI is InChI=1S/C19H22O6/c1-9-13-14(15(21)24-2)17-7-10(11(20)8-17)3-4-12(17)19(13)6-5-18(9,23)16(22)25-19/h10,12-14,23H,1,3-8H2,2H3/t10-,12-,13+,14-,17-,18-,19-/m1/s1. The molecule has 4 saturated carbocycles. The molecule has 0 aromatic heterocycles. The second-order valence-corrected chi connectivity index (χ2v) is 8.62. The van der Waals surface area contributed by atoms with Gasteiger partial charge in [-0.05, 0) is 43.1 Å². The molecule has 134 valence electrons. The van der Waals surface area contributed by atoms with E-state index < -0.39 is 34.4 Å². The third kappa shape index (κ3) is 1.46. The Hall–Kier alpha value is -1.69. The first kappa shape index (κ1) is 15.6. The van der Waals surface area contributed by atoms with Crippen LogP contribution in [0.1, 0.15) is 38.5 Å². The number of hydrogen-bond acceptors (Lipinski definition) is 6. The van der Waals surface area contributed by atoms with E-state index in [1.165, 1.54) is 7.11 Å². The largest absolute Gasteiger partial charge is 0.469 e. The molecule has 2 aliphatic heterocycles. The van der Waals surface area contributed by atoms with Gasteiger partial charge in [0.25, 0.3) is 0 Å². The third-order valence-electron chi connectivity index (χ3n) is 8.01. The molecule has 0 aromatic rings. The average molecular weight is 346 g/mol. The van der Waals surface area contributed by atoms with Gasteiger partial charge in [0.05, 0.1) is 13.0 Å². The van der Waals surface area contributed by atoms with Crippen molar-refractivity contribution in [3.63, 3.8) is 0 Å². The van der Waals surface area contributed by atoms with Gasteiger partial charge in [-0.1, -0.05) is 6.58 Å². The SMILES string of the molecule is C=C1[C@H]2[C@H](C(=O)OC)[C@]34CC(=O)[C@H](CC[C@H]3[C@]23CC[C@]1(O)C(=O)O3)C4. The molecule has 6 fully saturated rings. The van der Waals surface area contributed by atoms with Crippen molar-refractivity contribution in [1.82, 2.24) is 0 Å². The summed E-state index contributed by atoms with van der Waals surface area (Å²) < 4.78 is 11.0. The van der Waals surface area contributed by atoms with Crippen LogP contribution in [0.3, 0.4) is 0 Å². The Bertz CT molecular complexity index is 736. The van der Waals surface area contributed by atoms with Gasteiger partial charge < -0.3 is 14.6 Å². The van der Waals surface area contributed by atoms with E-state index in [9.17, 15) is 19.5 Å². The predicted molar refractivity (Wildman–Crippen MR) is 84.0 cm³/mol. The smallest absolute Gasteiger partial charge is 0.343 e. The Morgan fingerprint density at radius 1 is 1.32 bits per heavy atom. The summed E-state index contributed by atoms with van der Waals surface area (Å²) in [5.41, 5.74) is -2.70. The number of hydrogen-bond donors (Lipinski definition) is 1. The molecule has 0 aromatic carbocycles. The van der Waals surface area contributed by atoms with Gasteiger partial charge in [-0.25, -0.2) is 4.79 Å². The minimum atomic E-state index is -1.72. The van der Waals surface area contributed by atoms with Crippen LogP contribution in [0.2, 0.25) is 0 Å².